The molecule has 1 aliphatic heterocycles. The van der Waals surface area contributed by atoms with Gasteiger partial charge >= 0.3 is 0 Å². The van der Waals surface area contributed by atoms with E-state index in [1.165, 1.54) is 19.5 Å². The number of hydrogen-bond acceptors (Lipinski definition) is 4. The Bertz CT molecular complexity index is 244. The van der Waals surface area contributed by atoms with Gasteiger partial charge in [-0.1, -0.05) is 12.1 Å². The summed E-state index contributed by atoms with van der Waals surface area (Å²) in [6, 6.07) is 0. The fraction of sp³-hybridized carbons (Fsp3) is 0.909. The van der Waals surface area contributed by atoms with Crippen LogP contribution in [0.3, 0.4) is 0 Å². The zero-order chi connectivity index (χ0) is 12.1. The van der Waals surface area contributed by atoms with E-state index in [-0.39, 0.29) is 5.92 Å². The van der Waals surface area contributed by atoms with E-state index in [0.717, 1.165) is 19.0 Å². The quantitative estimate of drug-likeness (QED) is 0.306. The average Bonchev–Trinajstić information content (AvgIpc) is 2.62. The van der Waals surface area contributed by atoms with Crippen molar-refractivity contribution in [2.75, 3.05) is 40.3 Å². The van der Waals surface area contributed by atoms with Gasteiger partial charge in [0.05, 0.1) is 0 Å². The lowest BCUT2D eigenvalue weighted by molar-refractivity contribution is 0.257. The van der Waals surface area contributed by atoms with E-state index in [9.17, 15) is 0 Å². The van der Waals surface area contributed by atoms with Crippen molar-refractivity contribution in [3.63, 3.8) is 0 Å². The maximum atomic E-state index is 8.57. The zero-order valence-electron chi connectivity index (χ0n) is 10.6. The van der Waals surface area contributed by atoms with E-state index in [2.05, 4.69) is 29.1 Å². The first-order valence-corrected chi connectivity index (χ1v) is 5.87. The van der Waals surface area contributed by atoms with Crippen LogP contribution in [0.1, 0.15) is 13.3 Å². The summed E-state index contributed by atoms with van der Waals surface area (Å²) in [7, 11) is 4.26. The number of amidine groups is 1. The van der Waals surface area contributed by atoms with Crippen molar-refractivity contribution in [1.82, 2.24) is 9.80 Å². The predicted octanol–water partition coefficient (Wildman–Crippen LogP) is 0.252. The molecule has 1 fully saturated rings. The first kappa shape index (κ1) is 13.3. The first-order chi connectivity index (χ1) is 7.52. The molecular weight excluding hydrogens is 204 g/mol. The summed E-state index contributed by atoms with van der Waals surface area (Å²) < 4.78 is 0. The van der Waals surface area contributed by atoms with Gasteiger partial charge in [0.2, 0.25) is 0 Å². The van der Waals surface area contributed by atoms with Crippen molar-refractivity contribution in [1.29, 1.82) is 0 Å². The summed E-state index contributed by atoms with van der Waals surface area (Å²) in [6.45, 7) is 6.30. The van der Waals surface area contributed by atoms with Gasteiger partial charge in [0.15, 0.2) is 0 Å². The second kappa shape index (κ2) is 6.06. The highest BCUT2D eigenvalue weighted by atomic mass is 16.4. The van der Waals surface area contributed by atoms with E-state index >= 15 is 0 Å². The van der Waals surface area contributed by atoms with Crippen LogP contribution in [0.25, 0.3) is 0 Å². The van der Waals surface area contributed by atoms with Crippen molar-refractivity contribution in [2.45, 2.75) is 13.3 Å². The number of nitrogens with zero attached hydrogens (tertiary/aromatic N) is 3. The molecule has 0 spiro atoms. The zero-order valence-corrected chi connectivity index (χ0v) is 10.6. The molecule has 0 radical (unpaired) electrons. The fourth-order valence-corrected chi connectivity index (χ4v) is 2.35. The Morgan fingerprint density at radius 3 is 2.88 bits per heavy atom. The molecule has 0 aromatic carbocycles. The van der Waals surface area contributed by atoms with Crippen LogP contribution < -0.4 is 5.73 Å². The number of nitrogens with two attached hydrogens (primary N) is 1. The molecule has 1 aliphatic rings. The largest absolute Gasteiger partial charge is 0.409 e. The van der Waals surface area contributed by atoms with Crippen LogP contribution in [0, 0.1) is 11.8 Å². The molecule has 0 amide bonds. The fourth-order valence-electron chi connectivity index (χ4n) is 2.35. The lowest BCUT2D eigenvalue weighted by Crippen LogP contribution is -2.35. The Kier molecular flexibility index (Phi) is 5.02. The minimum Gasteiger partial charge on any atom is -0.409 e. The number of likely N-dealkylation sites (tertiary alicyclic amines) is 1. The van der Waals surface area contributed by atoms with E-state index in [1.807, 2.05) is 6.92 Å². The standard InChI is InChI=1S/C11H24N4O/c1-9(11(12)13-16)6-15(3)8-10-4-5-14(2)7-10/h9-10,16H,4-8H2,1-3H3,(H2,12,13). The monoisotopic (exact) mass is 228 g/mol. The molecule has 1 heterocycles. The van der Waals surface area contributed by atoms with Gasteiger partial charge in [-0.15, -0.1) is 0 Å². The average molecular weight is 228 g/mol. The van der Waals surface area contributed by atoms with Crippen LogP contribution in [-0.2, 0) is 0 Å². The van der Waals surface area contributed by atoms with Crippen LogP contribution >= 0.6 is 0 Å². The molecule has 1 rings (SSSR count). The van der Waals surface area contributed by atoms with Crippen LogP contribution in [0.15, 0.2) is 5.16 Å². The molecule has 0 saturated carbocycles. The third kappa shape index (κ3) is 3.98. The van der Waals surface area contributed by atoms with Gasteiger partial charge in [0, 0.05) is 25.6 Å². The van der Waals surface area contributed by atoms with E-state index in [1.54, 1.807) is 0 Å². The molecule has 3 N–H and O–H groups in total. The van der Waals surface area contributed by atoms with Crippen molar-refractivity contribution < 1.29 is 5.21 Å². The maximum absolute atomic E-state index is 8.57. The second-order valence-electron chi connectivity index (χ2n) is 5.06. The summed E-state index contributed by atoms with van der Waals surface area (Å²) in [4.78, 5) is 4.64. The summed E-state index contributed by atoms with van der Waals surface area (Å²) >= 11 is 0. The topological polar surface area (TPSA) is 65.1 Å². The Hall–Kier alpha value is -0.810. The van der Waals surface area contributed by atoms with Gasteiger partial charge < -0.3 is 20.7 Å². The second-order valence-corrected chi connectivity index (χ2v) is 5.06. The molecule has 5 heteroatoms. The summed E-state index contributed by atoms with van der Waals surface area (Å²) in [5, 5.41) is 11.6. The normalized spacial score (nSPS) is 25.2. The van der Waals surface area contributed by atoms with E-state index in [0.29, 0.717) is 5.84 Å². The smallest absolute Gasteiger partial charge is 0.143 e. The van der Waals surface area contributed by atoms with Crippen molar-refractivity contribution in [2.24, 2.45) is 22.7 Å². The van der Waals surface area contributed by atoms with Crippen LogP contribution in [0.4, 0.5) is 0 Å². The predicted molar refractivity (Wildman–Crippen MR) is 65.7 cm³/mol. The summed E-state index contributed by atoms with van der Waals surface area (Å²) in [5.74, 6) is 1.18. The minimum absolute atomic E-state index is 0.106. The molecular formula is C11H24N4O. The molecule has 0 aliphatic carbocycles. The molecule has 2 atom stereocenters. The summed E-state index contributed by atoms with van der Waals surface area (Å²) in [6.07, 6.45) is 1.28. The van der Waals surface area contributed by atoms with Gasteiger partial charge in [0.25, 0.3) is 0 Å². The molecule has 5 nitrogen and oxygen atoms in total. The Morgan fingerprint density at radius 1 is 1.69 bits per heavy atom. The summed E-state index contributed by atoms with van der Waals surface area (Å²) in [5.41, 5.74) is 5.56. The highest BCUT2D eigenvalue weighted by molar-refractivity contribution is 5.82. The van der Waals surface area contributed by atoms with Crippen molar-refractivity contribution in [3.05, 3.63) is 0 Å². The lowest BCUT2D eigenvalue weighted by Gasteiger charge is -2.23. The minimum atomic E-state index is 0.106. The third-order valence-corrected chi connectivity index (χ3v) is 3.26. The molecule has 0 bridgehead atoms. The molecule has 2 unspecified atom stereocenters. The Balaban J connectivity index is 2.27. The SMILES string of the molecule is CC(CN(C)CC1CCN(C)C1)C(N)=NO. The molecule has 0 aromatic heterocycles. The number of hydrogen-bond donors (Lipinski definition) is 2. The Labute approximate surface area is 97.9 Å². The highest BCUT2D eigenvalue weighted by Gasteiger charge is 2.21. The van der Waals surface area contributed by atoms with Gasteiger partial charge in [0.1, 0.15) is 5.84 Å². The van der Waals surface area contributed by atoms with Crippen molar-refractivity contribution in [3.8, 4) is 0 Å². The van der Waals surface area contributed by atoms with Crippen LogP contribution in [0.5, 0.6) is 0 Å². The van der Waals surface area contributed by atoms with Gasteiger partial charge in [-0.25, -0.2) is 0 Å². The molecule has 0 aromatic rings. The number of oxime groups is 1. The molecule has 94 valence electrons. The van der Waals surface area contributed by atoms with Gasteiger partial charge in [-0.05, 0) is 33.0 Å². The van der Waals surface area contributed by atoms with Crippen molar-refractivity contribution >= 4 is 5.84 Å². The van der Waals surface area contributed by atoms with Gasteiger partial charge in [-0.3, -0.25) is 0 Å². The molecule has 1 saturated heterocycles. The highest BCUT2D eigenvalue weighted by Crippen LogP contribution is 2.15. The van der Waals surface area contributed by atoms with Gasteiger partial charge in [-0.2, -0.15) is 0 Å². The van der Waals surface area contributed by atoms with E-state index < -0.39 is 0 Å². The van der Waals surface area contributed by atoms with Crippen LogP contribution in [-0.4, -0.2) is 61.1 Å². The maximum Gasteiger partial charge on any atom is 0.143 e. The molecule has 16 heavy (non-hydrogen) atoms. The lowest BCUT2D eigenvalue weighted by atomic mass is 10.1. The first-order valence-electron chi connectivity index (χ1n) is 5.87. The van der Waals surface area contributed by atoms with E-state index in [4.69, 9.17) is 10.9 Å². The van der Waals surface area contributed by atoms with Crippen LogP contribution in [0.2, 0.25) is 0 Å². The third-order valence-electron chi connectivity index (χ3n) is 3.26. The Morgan fingerprint density at radius 2 is 2.38 bits per heavy atom. The number of rotatable bonds is 5.